The highest BCUT2D eigenvalue weighted by Gasteiger charge is 2.31. The van der Waals surface area contributed by atoms with Crippen molar-refractivity contribution in [2.24, 2.45) is 5.92 Å². The molecule has 2 aromatic rings. The molecule has 34 heavy (non-hydrogen) atoms. The first kappa shape index (κ1) is 23.9. The summed E-state index contributed by atoms with van der Waals surface area (Å²) < 4.78 is 15.8. The van der Waals surface area contributed by atoms with Crippen LogP contribution in [0.25, 0.3) is 0 Å². The second-order valence-corrected chi connectivity index (χ2v) is 8.84. The van der Waals surface area contributed by atoms with Crippen LogP contribution in [0.2, 0.25) is 0 Å². The van der Waals surface area contributed by atoms with Crippen LogP contribution >= 0.6 is 11.3 Å². The minimum Gasteiger partial charge on any atom is -0.454 e. The number of aromatic nitrogens is 2. The first-order valence-electron chi connectivity index (χ1n) is 11.2. The number of carbonyl (C=O) groups excluding carboxylic acids is 3. The van der Waals surface area contributed by atoms with Gasteiger partial charge in [-0.1, -0.05) is 11.3 Å². The highest BCUT2D eigenvalue weighted by molar-refractivity contribution is 7.15. The highest BCUT2D eigenvalue weighted by atomic mass is 32.1. The Labute approximate surface area is 200 Å². The molecule has 1 saturated heterocycles. The molecule has 1 atom stereocenters. The zero-order chi connectivity index (χ0) is 23.9. The zero-order valence-corrected chi connectivity index (χ0v) is 19.7. The normalized spacial score (nSPS) is 16.9. The number of carbonyl (C=O) groups is 3. The number of amides is 3. The van der Waals surface area contributed by atoms with Crippen molar-refractivity contribution in [3.05, 3.63) is 28.2 Å². The summed E-state index contributed by atoms with van der Waals surface area (Å²) in [6, 6.07) is 5.05. The second-order valence-electron chi connectivity index (χ2n) is 7.87. The van der Waals surface area contributed by atoms with E-state index in [4.69, 9.17) is 14.2 Å². The molecule has 12 heteroatoms. The maximum Gasteiger partial charge on any atom is 0.286 e. The van der Waals surface area contributed by atoms with Crippen molar-refractivity contribution in [3.8, 4) is 11.5 Å². The van der Waals surface area contributed by atoms with Crippen LogP contribution in [0.5, 0.6) is 11.5 Å². The number of nitrogens with zero attached hydrogens (tertiary/aromatic N) is 3. The van der Waals surface area contributed by atoms with Crippen LogP contribution in [-0.4, -0.2) is 72.5 Å². The van der Waals surface area contributed by atoms with E-state index in [1.165, 1.54) is 0 Å². The van der Waals surface area contributed by atoms with Crippen LogP contribution in [0.1, 0.15) is 45.8 Å². The van der Waals surface area contributed by atoms with E-state index >= 15 is 0 Å². The lowest BCUT2D eigenvalue weighted by molar-refractivity contribution is -0.126. The minimum absolute atomic E-state index is 0.0601. The average molecular weight is 490 g/mol. The largest absolute Gasteiger partial charge is 0.454 e. The number of ether oxygens (including phenoxy) is 3. The summed E-state index contributed by atoms with van der Waals surface area (Å²) in [5, 5.41) is 13.6. The molecule has 0 saturated carbocycles. The van der Waals surface area contributed by atoms with Crippen molar-refractivity contribution in [1.82, 2.24) is 20.4 Å². The van der Waals surface area contributed by atoms with Crippen LogP contribution in [0.3, 0.4) is 0 Å². The fraction of sp³-hybridized carbons (Fsp3) is 0.500. The van der Waals surface area contributed by atoms with Gasteiger partial charge >= 0.3 is 0 Å². The summed E-state index contributed by atoms with van der Waals surface area (Å²) in [5.41, 5.74) is 0.517. The van der Waals surface area contributed by atoms with E-state index in [0.717, 1.165) is 30.6 Å². The maximum absolute atomic E-state index is 12.9. The first-order valence-corrected chi connectivity index (χ1v) is 12.1. The lowest BCUT2D eigenvalue weighted by Crippen LogP contribution is -2.45. The summed E-state index contributed by atoms with van der Waals surface area (Å²) in [4.78, 5) is 39.6. The topological polar surface area (TPSA) is 132 Å². The Balaban J connectivity index is 1.30. The summed E-state index contributed by atoms with van der Waals surface area (Å²) in [7, 11) is 0. The first-order chi connectivity index (χ1) is 16.5. The molecule has 0 aliphatic carbocycles. The number of benzene rings is 1. The standard InChI is InChI=1S/C22H27N5O6S/c1-2-31-10-4-8-23-18(28)14-5-3-9-27(12-14)22(30)21-26-25-20(34-21)19(29)24-15-6-7-16-17(11-15)33-13-32-16/h6-7,11,14H,2-5,8-10,12-13H2,1H3,(H,23,28)(H,24,29). The van der Waals surface area contributed by atoms with Gasteiger partial charge in [-0.05, 0) is 38.3 Å². The van der Waals surface area contributed by atoms with Gasteiger partial charge in [0.15, 0.2) is 11.5 Å². The van der Waals surface area contributed by atoms with E-state index in [0.29, 0.717) is 50.0 Å². The number of hydrogen-bond acceptors (Lipinski definition) is 9. The van der Waals surface area contributed by atoms with Crippen LogP contribution < -0.4 is 20.1 Å². The van der Waals surface area contributed by atoms with Gasteiger partial charge in [-0.2, -0.15) is 0 Å². The number of likely N-dealkylation sites (tertiary alicyclic amines) is 1. The van der Waals surface area contributed by atoms with E-state index < -0.39 is 5.91 Å². The Kier molecular flexibility index (Phi) is 7.91. The fourth-order valence-electron chi connectivity index (χ4n) is 3.75. The lowest BCUT2D eigenvalue weighted by Gasteiger charge is -2.31. The van der Waals surface area contributed by atoms with E-state index in [-0.39, 0.29) is 34.5 Å². The Morgan fingerprint density at radius 3 is 2.88 bits per heavy atom. The van der Waals surface area contributed by atoms with E-state index in [1.54, 1.807) is 23.1 Å². The molecular weight excluding hydrogens is 462 g/mol. The summed E-state index contributed by atoms with van der Waals surface area (Å²) >= 11 is 0.923. The Bertz CT molecular complexity index is 1040. The van der Waals surface area contributed by atoms with Crippen LogP contribution in [0.15, 0.2) is 18.2 Å². The molecule has 1 aromatic carbocycles. The van der Waals surface area contributed by atoms with Gasteiger partial charge < -0.3 is 29.7 Å². The SMILES string of the molecule is CCOCCCNC(=O)C1CCCN(C(=O)c2nnc(C(=O)Nc3ccc4c(c3)OCO4)s2)C1. The van der Waals surface area contributed by atoms with Crippen LogP contribution in [0, 0.1) is 5.92 Å². The third kappa shape index (κ3) is 5.81. The minimum atomic E-state index is -0.474. The van der Waals surface area contributed by atoms with E-state index in [9.17, 15) is 14.4 Å². The van der Waals surface area contributed by atoms with Gasteiger partial charge in [-0.25, -0.2) is 0 Å². The Hall–Kier alpha value is -3.25. The van der Waals surface area contributed by atoms with Gasteiger partial charge in [-0.15, -0.1) is 10.2 Å². The Morgan fingerprint density at radius 1 is 1.21 bits per heavy atom. The molecule has 2 N–H and O–H groups in total. The molecule has 4 rings (SSSR count). The molecule has 1 unspecified atom stereocenters. The molecule has 2 aliphatic rings. The zero-order valence-electron chi connectivity index (χ0n) is 18.9. The molecule has 11 nitrogen and oxygen atoms in total. The summed E-state index contributed by atoms with van der Waals surface area (Å²) in [6.07, 6.45) is 2.19. The fourth-order valence-corrected chi connectivity index (χ4v) is 4.45. The van der Waals surface area contributed by atoms with Gasteiger partial charge in [0.1, 0.15) is 0 Å². The molecule has 0 spiro atoms. The maximum atomic E-state index is 12.9. The van der Waals surface area contributed by atoms with Crippen molar-refractivity contribution in [2.75, 3.05) is 45.0 Å². The van der Waals surface area contributed by atoms with Gasteiger partial charge in [0.2, 0.25) is 22.7 Å². The predicted octanol–water partition coefficient (Wildman–Crippen LogP) is 1.91. The van der Waals surface area contributed by atoms with Crippen LogP contribution in [0.4, 0.5) is 5.69 Å². The number of anilines is 1. The van der Waals surface area contributed by atoms with E-state index in [1.807, 2.05) is 6.92 Å². The number of hydrogen-bond donors (Lipinski definition) is 2. The van der Waals surface area contributed by atoms with Gasteiger partial charge in [-0.3, -0.25) is 14.4 Å². The number of nitrogens with one attached hydrogen (secondary N) is 2. The van der Waals surface area contributed by atoms with Crippen molar-refractivity contribution in [2.45, 2.75) is 26.2 Å². The molecular formula is C22H27N5O6S. The molecule has 3 heterocycles. The second kappa shape index (κ2) is 11.3. The Morgan fingerprint density at radius 2 is 2.03 bits per heavy atom. The summed E-state index contributed by atoms with van der Waals surface area (Å²) in [6.45, 7) is 4.72. The molecule has 0 radical (unpaired) electrons. The van der Waals surface area contributed by atoms with Gasteiger partial charge in [0.05, 0.1) is 5.92 Å². The quantitative estimate of drug-likeness (QED) is 0.511. The molecule has 1 fully saturated rings. The average Bonchev–Trinajstić information content (AvgIpc) is 3.53. The predicted molar refractivity (Wildman–Crippen MR) is 123 cm³/mol. The summed E-state index contributed by atoms with van der Waals surface area (Å²) in [5.74, 6) is 0.0260. The van der Waals surface area contributed by atoms with Gasteiger partial charge in [0.25, 0.3) is 11.8 Å². The van der Waals surface area contributed by atoms with E-state index in [2.05, 4.69) is 20.8 Å². The van der Waals surface area contributed by atoms with Crippen molar-refractivity contribution >= 4 is 34.7 Å². The van der Waals surface area contributed by atoms with Crippen molar-refractivity contribution in [1.29, 1.82) is 0 Å². The molecule has 182 valence electrons. The monoisotopic (exact) mass is 489 g/mol. The molecule has 0 bridgehead atoms. The number of fused-ring (bicyclic) bond motifs is 1. The number of piperidine rings is 1. The molecule has 3 amide bonds. The highest BCUT2D eigenvalue weighted by Crippen LogP contribution is 2.34. The molecule has 1 aromatic heterocycles. The third-order valence-corrected chi connectivity index (χ3v) is 6.39. The smallest absolute Gasteiger partial charge is 0.286 e. The number of rotatable bonds is 9. The lowest BCUT2D eigenvalue weighted by atomic mass is 9.97. The van der Waals surface area contributed by atoms with Crippen molar-refractivity contribution < 1.29 is 28.6 Å². The third-order valence-electron chi connectivity index (χ3n) is 5.48. The van der Waals surface area contributed by atoms with Crippen LogP contribution in [-0.2, 0) is 9.53 Å². The van der Waals surface area contributed by atoms with Crippen molar-refractivity contribution in [3.63, 3.8) is 0 Å². The molecule has 2 aliphatic heterocycles. The van der Waals surface area contributed by atoms with Gasteiger partial charge in [0, 0.05) is 44.6 Å².